The van der Waals surface area contributed by atoms with Crippen LogP contribution in [-0.4, -0.2) is 17.3 Å². The van der Waals surface area contributed by atoms with Gasteiger partial charge in [0.05, 0.1) is 17.3 Å². The molecule has 0 bridgehead atoms. The number of hydrogen-bond donors (Lipinski definition) is 0. The number of hydrazone groups is 1. The highest BCUT2D eigenvalue weighted by Gasteiger charge is 2.42. The maximum Gasteiger partial charge on any atom is 0.387 e. The van der Waals surface area contributed by atoms with E-state index in [-0.39, 0.29) is 11.8 Å². The molecule has 0 N–H and O–H groups in total. The number of rotatable bonds is 4. The van der Waals surface area contributed by atoms with Gasteiger partial charge in [-0.1, -0.05) is 58.4 Å². The van der Waals surface area contributed by atoms with Gasteiger partial charge in [0.25, 0.3) is 0 Å². The maximum absolute atomic E-state index is 13.0. The molecule has 0 unspecified atom stereocenters. The summed E-state index contributed by atoms with van der Waals surface area (Å²) in [5.41, 5.74) is 3.46. The van der Waals surface area contributed by atoms with E-state index in [9.17, 15) is 8.78 Å². The summed E-state index contributed by atoms with van der Waals surface area (Å²) in [7, 11) is 0. The lowest BCUT2D eigenvalue weighted by atomic mass is 9.96. The molecule has 2 aliphatic rings. The number of fused-ring (bicyclic) bond motifs is 3. The van der Waals surface area contributed by atoms with Crippen molar-refractivity contribution in [3.63, 3.8) is 0 Å². The van der Waals surface area contributed by atoms with Crippen LogP contribution in [0, 0.1) is 0 Å². The smallest absolute Gasteiger partial charge is 0.387 e. The van der Waals surface area contributed by atoms with Crippen LogP contribution in [0.2, 0.25) is 0 Å². The topological polar surface area (TPSA) is 34.1 Å². The summed E-state index contributed by atoms with van der Waals surface area (Å²) in [6, 6.07) is 22.4. The number of halogens is 3. The zero-order valence-corrected chi connectivity index (χ0v) is 17.3. The fourth-order valence-electron chi connectivity index (χ4n) is 3.96. The molecule has 3 aromatic carbocycles. The first kappa shape index (κ1) is 19.1. The van der Waals surface area contributed by atoms with Gasteiger partial charge in [-0.05, 0) is 35.9 Å². The lowest BCUT2D eigenvalue weighted by Crippen LogP contribution is -2.34. The van der Waals surface area contributed by atoms with Crippen molar-refractivity contribution in [1.29, 1.82) is 0 Å². The van der Waals surface area contributed by atoms with Crippen molar-refractivity contribution in [2.45, 2.75) is 25.3 Å². The summed E-state index contributed by atoms with van der Waals surface area (Å²) >= 11 is 3.53. The van der Waals surface area contributed by atoms with E-state index in [0.29, 0.717) is 17.7 Å². The third-order valence-corrected chi connectivity index (χ3v) is 5.75. The van der Waals surface area contributed by atoms with E-state index in [4.69, 9.17) is 14.6 Å². The van der Waals surface area contributed by atoms with Gasteiger partial charge in [-0.3, -0.25) is 0 Å². The van der Waals surface area contributed by atoms with E-state index < -0.39 is 12.8 Å². The average Bonchev–Trinajstić information content (AvgIpc) is 3.20. The first-order valence-electron chi connectivity index (χ1n) is 9.51. The van der Waals surface area contributed by atoms with E-state index >= 15 is 0 Å². The molecule has 2 atom stereocenters. The van der Waals surface area contributed by atoms with Crippen LogP contribution < -0.4 is 9.47 Å². The van der Waals surface area contributed by atoms with E-state index in [2.05, 4.69) is 15.9 Å². The molecular formula is C23H17BrF2N2O2. The second kappa shape index (κ2) is 7.72. The fourth-order valence-corrected chi connectivity index (χ4v) is 4.33. The van der Waals surface area contributed by atoms with Crippen molar-refractivity contribution in [3.8, 4) is 11.5 Å². The average molecular weight is 471 g/mol. The van der Waals surface area contributed by atoms with E-state index in [1.54, 1.807) is 18.2 Å². The highest BCUT2D eigenvalue weighted by Crippen LogP contribution is 2.49. The van der Waals surface area contributed by atoms with Gasteiger partial charge in [-0.15, -0.1) is 0 Å². The Morgan fingerprint density at radius 3 is 2.57 bits per heavy atom. The van der Waals surface area contributed by atoms with Crippen molar-refractivity contribution in [1.82, 2.24) is 5.01 Å². The van der Waals surface area contributed by atoms with Crippen molar-refractivity contribution >= 4 is 21.6 Å². The zero-order chi connectivity index (χ0) is 20.7. The second-order valence-corrected chi connectivity index (χ2v) is 8.00. The summed E-state index contributed by atoms with van der Waals surface area (Å²) in [4.78, 5) is 0. The van der Waals surface area contributed by atoms with Gasteiger partial charge in [-0.2, -0.15) is 13.9 Å². The predicted molar refractivity (Wildman–Crippen MR) is 113 cm³/mol. The molecule has 0 amide bonds. The number of para-hydroxylation sites is 1. The minimum atomic E-state index is -2.92. The van der Waals surface area contributed by atoms with Crippen molar-refractivity contribution in [3.05, 3.63) is 94.0 Å². The van der Waals surface area contributed by atoms with Crippen molar-refractivity contribution in [2.75, 3.05) is 0 Å². The molecule has 2 heterocycles. The summed E-state index contributed by atoms with van der Waals surface area (Å²) in [5.74, 6) is 0.793. The van der Waals surface area contributed by atoms with Crippen LogP contribution in [-0.2, 0) is 0 Å². The normalized spacial score (nSPS) is 19.7. The Labute approximate surface area is 180 Å². The van der Waals surface area contributed by atoms with E-state index in [1.807, 2.05) is 53.5 Å². The molecule has 0 spiro atoms. The third-order valence-electron chi connectivity index (χ3n) is 5.26. The maximum atomic E-state index is 13.0. The van der Waals surface area contributed by atoms with Crippen LogP contribution >= 0.6 is 15.9 Å². The molecule has 0 aliphatic carbocycles. The number of ether oxygens (including phenoxy) is 2. The Bertz CT molecular complexity index is 1110. The van der Waals surface area contributed by atoms with Crippen LogP contribution in [0.1, 0.15) is 35.4 Å². The third kappa shape index (κ3) is 3.43. The minimum absolute atomic E-state index is 0.0777. The van der Waals surface area contributed by atoms with Crippen molar-refractivity contribution < 1.29 is 18.3 Å². The first-order chi connectivity index (χ1) is 14.6. The van der Waals surface area contributed by atoms with Gasteiger partial charge in [0.1, 0.15) is 11.5 Å². The number of benzene rings is 3. The van der Waals surface area contributed by atoms with E-state index in [1.165, 1.54) is 6.07 Å². The summed E-state index contributed by atoms with van der Waals surface area (Å²) in [6.07, 6.45) is 0.00501. The van der Waals surface area contributed by atoms with Gasteiger partial charge in [0.2, 0.25) is 6.23 Å². The Morgan fingerprint density at radius 2 is 1.77 bits per heavy atom. The van der Waals surface area contributed by atoms with Gasteiger partial charge >= 0.3 is 6.61 Å². The van der Waals surface area contributed by atoms with Crippen LogP contribution in [0.3, 0.4) is 0 Å². The summed E-state index contributed by atoms with van der Waals surface area (Å²) in [5, 5.41) is 6.71. The molecule has 4 nitrogen and oxygen atoms in total. The molecule has 0 saturated carbocycles. The zero-order valence-electron chi connectivity index (χ0n) is 15.7. The SMILES string of the molecule is FC(F)Oc1ccccc1[C@@H]1Oc2ccc(Br)cc2[C@H]2CC(c3ccccc3)=NN21. The van der Waals surface area contributed by atoms with Gasteiger partial charge in [-0.25, -0.2) is 5.01 Å². The number of hydrogen-bond acceptors (Lipinski definition) is 4. The molecule has 5 rings (SSSR count). The molecule has 2 aliphatic heterocycles. The molecule has 30 heavy (non-hydrogen) atoms. The lowest BCUT2D eigenvalue weighted by Gasteiger charge is -2.38. The standard InChI is InChI=1S/C23H17BrF2N2O2/c24-15-10-11-21-17(12-15)19-13-18(14-6-2-1-3-7-14)27-28(19)22(29-21)16-8-4-5-9-20(16)30-23(25)26/h1-12,19,22-23H,13H2/t19-,22+/m1/s1. The Morgan fingerprint density at radius 1 is 1.00 bits per heavy atom. The first-order valence-corrected chi connectivity index (χ1v) is 10.3. The van der Waals surface area contributed by atoms with Gasteiger partial charge in [0, 0.05) is 16.5 Å². The molecule has 152 valence electrons. The van der Waals surface area contributed by atoms with Crippen LogP contribution in [0.4, 0.5) is 8.78 Å². The summed E-state index contributed by atoms with van der Waals surface area (Å²) < 4.78 is 38.0. The Balaban J connectivity index is 1.61. The molecule has 7 heteroatoms. The Hall–Kier alpha value is -2.93. The van der Waals surface area contributed by atoms with Crippen molar-refractivity contribution in [2.24, 2.45) is 5.10 Å². The highest BCUT2D eigenvalue weighted by atomic mass is 79.9. The summed E-state index contributed by atoms with van der Waals surface area (Å²) in [6.45, 7) is -2.92. The predicted octanol–water partition coefficient (Wildman–Crippen LogP) is 6.29. The monoisotopic (exact) mass is 470 g/mol. The van der Waals surface area contributed by atoms with Crippen LogP contribution in [0.25, 0.3) is 0 Å². The molecule has 0 radical (unpaired) electrons. The quantitative estimate of drug-likeness (QED) is 0.449. The fraction of sp³-hybridized carbons (Fsp3) is 0.174. The number of nitrogens with zero attached hydrogens (tertiary/aromatic N) is 2. The van der Waals surface area contributed by atoms with E-state index in [0.717, 1.165) is 21.3 Å². The highest BCUT2D eigenvalue weighted by molar-refractivity contribution is 9.10. The molecule has 0 saturated heterocycles. The van der Waals surface area contributed by atoms with Crippen LogP contribution in [0.5, 0.6) is 11.5 Å². The van der Waals surface area contributed by atoms with Crippen LogP contribution in [0.15, 0.2) is 82.4 Å². The molecular weight excluding hydrogens is 454 g/mol. The lowest BCUT2D eigenvalue weighted by molar-refractivity contribution is -0.0578. The molecule has 0 fully saturated rings. The Kier molecular flexibility index (Phi) is 4.90. The van der Waals surface area contributed by atoms with Gasteiger partial charge < -0.3 is 9.47 Å². The molecule has 0 aromatic heterocycles. The number of alkyl halides is 2. The minimum Gasteiger partial charge on any atom is -0.464 e. The largest absolute Gasteiger partial charge is 0.464 e. The molecule has 3 aromatic rings. The van der Waals surface area contributed by atoms with Gasteiger partial charge in [0.15, 0.2) is 0 Å². The second-order valence-electron chi connectivity index (χ2n) is 7.08.